The molecule has 2 heterocycles. The third kappa shape index (κ3) is 2.62. The van der Waals surface area contributed by atoms with Gasteiger partial charge in [0.15, 0.2) is 16.9 Å². The number of nitrogens with zero attached hydrogens (tertiary/aromatic N) is 1. The van der Waals surface area contributed by atoms with Crippen molar-refractivity contribution in [2.45, 2.75) is 33.6 Å². The Morgan fingerprint density at radius 3 is 2.52 bits per heavy atom. The summed E-state index contributed by atoms with van der Waals surface area (Å²) in [6, 6.07) is 5.27. The number of rotatable bonds is 1. The van der Waals surface area contributed by atoms with Crippen LogP contribution >= 0.6 is 0 Å². The van der Waals surface area contributed by atoms with E-state index in [0.29, 0.717) is 28.0 Å². The lowest BCUT2D eigenvalue weighted by molar-refractivity contribution is 0.275. The molecule has 0 unspecified atom stereocenters. The van der Waals surface area contributed by atoms with E-state index in [-0.39, 0.29) is 5.43 Å². The molecule has 2 N–H and O–H groups in total. The van der Waals surface area contributed by atoms with Crippen LogP contribution in [0.1, 0.15) is 32.3 Å². The second-order valence-corrected chi connectivity index (χ2v) is 6.83. The largest absolute Gasteiger partial charge is 0.438 e. The molecule has 0 radical (unpaired) electrons. The first-order chi connectivity index (χ1) is 9.85. The first-order valence-corrected chi connectivity index (χ1v) is 7.45. The smallest absolute Gasteiger partial charge is 0.200 e. The average Bonchev–Trinajstić information content (AvgIpc) is 2.40. The van der Waals surface area contributed by atoms with Gasteiger partial charge in [0, 0.05) is 19.2 Å². The molecule has 0 spiro atoms. The zero-order chi connectivity index (χ0) is 15.2. The summed E-state index contributed by atoms with van der Waals surface area (Å²) in [5.41, 5.74) is 8.37. The Kier molecular flexibility index (Phi) is 3.19. The van der Waals surface area contributed by atoms with Crippen molar-refractivity contribution in [2.75, 3.05) is 23.7 Å². The Hall–Kier alpha value is -1.97. The molecule has 0 atom stereocenters. The third-order valence-electron chi connectivity index (χ3n) is 4.42. The van der Waals surface area contributed by atoms with Gasteiger partial charge in [-0.1, -0.05) is 13.8 Å². The van der Waals surface area contributed by atoms with Crippen LogP contribution in [0.4, 0.5) is 11.6 Å². The normalized spacial score (nSPS) is 18.1. The Labute approximate surface area is 124 Å². The molecule has 0 saturated carbocycles. The topological polar surface area (TPSA) is 59.5 Å². The van der Waals surface area contributed by atoms with Crippen LogP contribution in [0.5, 0.6) is 0 Å². The Morgan fingerprint density at radius 1 is 1.19 bits per heavy atom. The quantitative estimate of drug-likeness (QED) is 0.817. The summed E-state index contributed by atoms with van der Waals surface area (Å²) in [6.45, 7) is 8.31. The van der Waals surface area contributed by atoms with Crippen molar-refractivity contribution in [2.24, 2.45) is 5.41 Å². The van der Waals surface area contributed by atoms with Crippen LogP contribution in [-0.2, 0) is 0 Å². The zero-order valence-corrected chi connectivity index (χ0v) is 12.9. The second kappa shape index (κ2) is 4.79. The molecule has 0 bridgehead atoms. The predicted molar refractivity (Wildman–Crippen MR) is 86.9 cm³/mol. The molecule has 112 valence electrons. The molecule has 1 saturated heterocycles. The van der Waals surface area contributed by atoms with Crippen molar-refractivity contribution >= 4 is 22.5 Å². The van der Waals surface area contributed by atoms with Gasteiger partial charge in [0.2, 0.25) is 0 Å². The number of nitrogens with two attached hydrogens (primary N) is 1. The van der Waals surface area contributed by atoms with E-state index in [0.717, 1.165) is 31.5 Å². The van der Waals surface area contributed by atoms with E-state index in [1.165, 1.54) is 0 Å². The Morgan fingerprint density at radius 2 is 1.86 bits per heavy atom. The summed E-state index contributed by atoms with van der Waals surface area (Å²) in [4.78, 5) is 14.5. The molecule has 1 aromatic carbocycles. The molecule has 21 heavy (non-hydrogen) atoms. The van der Waals surface area contributed by atoms with Gasteiger partial charge < -0.3 is 15.1 Å². The van der Waals surface area contributed by atoms with Gasteiger partial charge in [0.05, 0.1) is 11.1 Å². The standard InChI is InChI=1S/C17H22N2O2/c1-11-8-12-14(20)10-15(21-16(12)13(18)9-11)19-6-4-17(2,3)5-7-19/h8-10H,4-7,18H2,1-3H3. The van der Waals surface area contributed by atoms with Crippen molar-refractivity contribution in [1.82, 2.24) is 0 Å². The minimum absolute atomic E-state index is 0.0218. The van der Waals surface area contributed by atoms with Crippen molar-refractivity contribution in [3.63, 3.8) is 0 Å². The fourth-order valence-corrected chi connectivity index (χ4v) is 2.91. The summed E-state index contributed by atoms with van der Waals surface area (Å²) in [5, 5.41) is 0.564. The van der Waals surface area contributed by atoms with Crippen molar-refractivity contribution in [3.05, 3.63) is 34.0 Å². The lowest BCUT2D eigenvalue weighted by atomic mass is 9.83. The van der Waals surface area contributed by atoms with E-state index in [4.69, 9.17) is 10.2 Å². The first kappa shape index (κ1) is 14.0. The third-order valence-corrected chi connectivity index (χ3v) is 4.42. The molecule has 2 aromatic rings. The van der Waals surface area contributed by atoms with Crippen LogP contribution in [0.15, 0.2) is 27.4 Å². The molecule has 1 aliphatic heterocycles. The Bertz CT molecular complexity index is 736. The van der Waals surface area contributed by atoms with E-state index in [9.17, 15) is 4.79 Å². The number of benzene rings is 1. The molecule has 4 heteroatoms. The van der Waals surface area contributed by atoms with Crippen molar-refractivity contribution in [3.8, 4) is 0 Å². The molecule has 0 amide bonds. The van der Waals surface area contributed by atoms with Gasteiger partial charge in [-0.25, -0.2) is 0 Å². The lowest BCUT2D eigenvalue weighted by Crippen LogP contribution is -2.37. The number of hydrogen-bond acceptors (Lipinski definition) is 4. The number of nitrogen functional groups attached to an aromatic ring is 1. The van der Waals surface area contributed by atoms with Gasteiger partial charge in [-0.3, -0.25) is 4.79 Å². The van der Waals surface area contributed by atoms with Crippen molar-refractivity contribution < 1.29 is 4.42 Å². The minimum atomic E-state index is -0.0218. The fraction of sp³-hybridized carbons (Fsp3) is 0.471. The highest BCUT2D eigenvalue weighted by atomic mass is 16.4. The summed E-state index contributed by atoms with van der Waals surface area (Å²) in [6.07, 6.45) is 2.19. The molecule has 0 aliphatic carbocycles. The number of aryl methyl sites for hydroxylation is 1. The summed E-state index contributed by atoms with van der Waals surface area (Å²) in [7, 11) is 0. The zero-order valence-electron chi connectivity index (χ0n) is 12.9. The minimum Gasteiger partial charge on any atom is -0.438 e. The maximum Gasteiger partial charge on any atom is 0.200 e. The van der Waals surface area contributed by atoms with E-state index in [2.05, 4.69) is 18.7 Å². The van der Waals surface area contributed by atoms with E-state index < -0.39 is 0 Å². The van der Waals surface area contributed by atoms with Crippen molar-refractivity contribution in [1.29, 1.82) is 0 Å². The predicted octanol–water partition coefficient (Wildman–Crippen LogP) is 3.31. The molecule has 4 nitrogen and oxygen atoms in total. The maximum atomic E-state index is 12.3. The fourth-order valence-electron chi connectivity index (χ4n) is 2.91. The summed E-state index contributed by atoms with van der Waals surface area (Å²) >= 11 is 0. The second-order valence-electron chi connectivity index (χ2n) is 6.83. The molecule has 3 rings (SSSR count). The van der Waals surface area contributed by atoms with Crippen LogP contribution in [0.3, 0.4) is 0 Å². The van der Waals surface area contributed by atoms with Crippen LogP contribution < -0.4 is 16.1 Å². The summed E-state index contributed by atoms with van der Waals surface area (Å²) in [5.74, 6) is 0.638. The number of anilines is 2. The molecular formula is C17H22N2O2. The average molecular weight is 286 g/mol. The van der Waals surface area contributed by atoms with Crippen LogP contribution in [0, 0.1) is 12.3 Å². The SMILES string of the molecule is Cc1cc(N)c2oc(N3CCC(C)(C)CC3)cc(=O)c2c1. The number of piperidine rings is 1. The number of hydrogen-bond donors (Lipinski definition) is 1. The van der Waals surface area contributed by atoms with Gasteiger partial charge in [-0.15, -0.1) is 0 Å². The highest BCUT2D eigenvalue weighted by molar-refractivity contribution is 5.88. The lowest BCUT2D eigenvalue weighted by Gasteiger charge is -2.37. The highest BCUT2D eigenvalue weighted by Gasteiger charge is 2.26. The molecule has 1 fully saturated rings. The van der Waals surface area contributed by atoms with Gasteiger partial charge in [0.25, 0.3) is 0 Å². The van der Waals surface area contributed by atoms with Gasteiger partial charge in [0.1, 0.15) is 0 Å². The van der Waals surface area contributed by atoms with E-state index >= 15 is 0 Å². The monoisotopic (exact) mass is 286 g/mol. The number of fused-ring (bicyclic) bond motifs is 1. The molecule has 1 aliphatic rings. The van der Waals surface area contributed by atoms with Crippen LogP contribution in [-0.4, -0.2) is 13.1 Å². The Balaban J connectivity index is 2.04. The van der Waals surface area contributed by atoms with E-state index in [1.807, 2.05) is 19.1 Å². The highest BCUT2D eigenvalue weighted by Crippen LogP contribution is 2.33. The molecule has 1 aromatic heterocycles. The van der Waals surface area contributed by atoms with Gasteiger partial charge >= 0.3 is 0 Å². The van der Waals surface area contributed by atoms with E-state index in [1.54, 1.807) is 6.07 Å². The molecular weight excluding hydrogens is 264 g/mol. The van der Waals surface area contributed by atoms with Crippen LogP contribution in [0.2, 0.25) is 0 Å². The van der Waals surface area contributed by atoms with Crippen LogP contribution in [0.25, 0.3) is 11.0 Å². The maximum absolute atomic E-state index is 12.3. The van der Waals surface area contributed by atoms with Gasteiger partial charge in [-0.05, 0) is 42.9 Å². The first-order valence-electron chi connectivity index (χ1n) is 7.45. The summed E-state index contributed by atoms with van der Waals surface area (Å²) < 4.78 is 5.94. The van der Waals surface area contributed by atoms with Gasteiger partial charge in [-0.2, -0.15) is 0 Å².